The highest BCUT2D eigenvalue weighted by molar-refractivity contribution is 7.20. The highest BCUT2D eigenvalue weighted by Gasteiger charge is 2.31. The third-order valence-electron chi connectivity index (χ3n) is 6.55. The standard InChI is InChI=1S/C28H41N9O7S/c1-15(33-16(2)38)24(42)35-20(11-12-22(39)40)26(44)36-19(8-5-13-29)25(43)34-18(9-6-14-32-28(30)31)23(41)27-37-17-7-3-4-10-21(17)45-27/h3-4,7,10,15,18-20H,5-6,8-9,11-14,29H2,1-2H3,(H,33,38)(H,34,43)(H,35,42)(H,36,44)(H,39,40)(H4,30,31,32)/t15-,18-,19-,20-/m0/s1. The molecule has 0 aliphatic heterocycles. The van der Waals surface area contributed by atoms with Crippen molar-refractivity contribution in [2.24, 2.45) is 11.5 Å². The van der Waals surface area contributed by atoms with Gasteiger partial charge in [-0.1, -0.05) is 12.1 Å². The predicted molar refractivity (Wildman–Crippen MR) is 167 cm³/mol. The SMILES string of the molecule is CC(=O)N[C@@H](C)C(=O)N[C@@H](CCC(=O)O)C(=O)N[C@@H](CCCN)C(=O)N[C@@H](CCCNC(=N)N)C(=O)c1nc2ccccc2s1. The van der Waals surface area contributed by atoms with Gasteiger partial charge in [-0.05, 0) is 57.7 Å². The molecule has 0 fully saturated rings. The summed E-state index contributed by atoms with van der Waals surface area (Å²) in [5, 5.41) is 29.4. The van der Waals surface area contributed by atoms with E-state index in [9.17, 15) is 28.8 Å². The van der Waals surface area contributed by atoms with Crippen molar-refractivity contribution < 1.29 is 33.9 Å². The summed E-state index contributed by atoms with van der Waals surface area (Å²) >= 11 is 1.18. The number of para-hydroxylation sites is 1. The van der Waals surface area contributed by atoms with E-state index in [0.29, 0.717) is 18.4 Å². The smallest absolute Gasteiger partial charge is 0.303 e. The molecule has 246 valence electrons. The molecule has 4 atom stereocenters. The first-order valence-corrected chi connectivity index (χ1v) is 15.2. The maximum absolute atomic E-state index is 13.6. The number of guanidine groups is 1. The van der Waals surface area contributed by atoms with Crippen molar-refractivity contribution in [3.8, 4) is 0 Å². The Hall–Kier alpha value is -4.64. The number of aromatic nitrogens is 1. The number of rotatable bonds is 19. The van der Waals surface area contributed by atoms with Crippen molar-refractivity contribution in [3.63, 3.8) is 0 Å². The number of nitrogens with one attached hydrogen (secondary N) is 6. The van der Waals surface area contributed by atoms with Gasteiger partial charge < -0.3 is 43.2 Å². The lowest BCUT2D eigenvalue weighted by molar-refractivity contribution is -0.138. The monoisotopic (exact) mass is 647 g/mol. The molecule has 11 N–H and O–H groups in total. The van der Waals surface area contributed by atoms with Crippen molar-refractivity contribution in [2.45, 2.75) is 76.5 Å². The number of hydrogen-bond acceptors (Lipinski definition) is 10. The van der Waals surface area contributed by atoms with E-state index in [1.165, 1.54) is 25.2 Å². The molecule has 4 amide bonds. The van der Waals surface area contributed by atoms with Crippen molar-refractivity contribution in [1.29, 1.82) is 5.41 Å². The van der Waals surface area contributed by atoms with Gasteiger partial charge in [0.1, 0.15) is 18.1 Å². The van der Waals surface area contributed by atoms with Crippen LogP contribution in [-0.2, 0) is 24.0 Å². The molecule has 0 saturated carbocycles. The largest absolute Gasteiger partial charge is 0.481 e. The number of aliphatic carboxylic acids is 1. The van der Waals surface area contributed by atoms with E-state index in [2.05, 4.69) is 31.6 Å². The van der Waals surface area contributed by atoms with Gasteiger partial charge in [-0.15, -0.1) is 11.3 Å². The van der Waals surface area contributed by atoms with Gasteiger partial charge in [-0.2, -0.15) is 0 Å². The number of ketones is 1. The van der Waals surface area contributed by atoms with Gasteiger partial charge in [0.2, 0.25) is 29.4 Å². The van der Waals surface area contributed by atoms with E-state index in [1.54, 1.807) is 12.1 Å². The Morgan fingerprint density at radius 1 is 0.911 bits per heavy atom. The number of benzene rings is 1. The molecule has 0 saturated heterocycles. The molecule has 1 aromatic heterocycles. The zero-order valence-corrected chi connectivity index (χ0v) is 26.0. The first kappa shape index (κ1) is 36.6. The molecular formula is C28H41N9O7S. The average molecular weight is 648 g/mol. The molecule has 1 aromatic carbocycles. The number of carboxylic acids is 1. The van der Waals surface area contributed by atoms with Crippen molar-refractivity contribution in [2.75, 3.05) is 13.1 Å². The number of carboxylic acid groups (broad SMARTS) is 1. The second-order valence-electron chi connectivity index (χ2n) is 10.3. The fourth-order valence-electron chi connectivity index (χ4n) is 4.26. The van der Waals surface area contributed by atoms with Gasteiger partial charge >= 0.3 is 5.97 Å². The number of thiazole rings is 1. The summed E-state index contributed by atoms with van der Waals surface area (Å²) in [5.74, 6) is -4.59. The maximum atomic E-state index is 13.6. The summed E-state index contributed by atoms with van der Waals surface area (Å²) in [5.41, 5.74) is 11.6. The fraction of sp³-hybridized carbons (Fsp3) is 0.500. The molecule has 45 heavy (non-hydrogen) atoms. The lowest BCUT2D eigenvalue weighted by atomic mass is 10.0. The number of carbonyl (C=O) groups is 6. The zero-order chi connectivity index (χ0) is 33.5. The summed E-state index contributed by atoms with van der Waals surface area (Å²) in [4.78, 5) is 80.0. The Bertz CT molecular complexity index is 1350. The van der Waals surface area contributed by atoms with Gasteiger partial charge in [-0.3, -0.25) is 34.2 Å². The van der Waals surface area contributed by atoms with Crippen LogP contribution in [0.5, 0.6) is 0 Å². The minimum atomic E-state index is -1.34. The highest BCUT2D eigenvalue weighted by atomic mass is 32.1. The van der Waals surface area contributed by atoms with Crippen LogP contribution in [0.3, 0.4) is 0 Å². The summed E-state index contributed by atoms with van der Waals surface area (Å²) in [6.07, 6.45) is 0.187. The second-order valence-corrected chi connectivity index (χ2v) is 11.3. The van der Waals surface area contributed by atoms with Crippen LogP contribution in [0.1, 0.15) is 62.2 Å². The third kappa shape index (κ3) is 12.5. The molecule has 0 aliphatic carbocycles. The average Bonchev–Trinajstić information content (AvgIpc) is 3.42. The second kappa shape index (κ2) is 18.2. The van der Waals surface area contributed by atoms with Gasteiger partial charge in [0.05, 0.1) is 16.3 Å². The summed E-state index contributed by atoms with van der Waals surface area (Å²) in [6.45, 7) is 3.07. The van der Waals surface area contributed by atoms with E-state index in [-0.39, 0.29) is 43.3 Å². The van der Waals surface area contributed by atoms with Crippen molar-refractivity contribution >= 4 is 62.9 Å². The molecule has 16 nitrogen and oxygen atoms in total. The Morgan fingerprint density at radius 3 is 2.11 bits per heavy atom. The third-order valence-corrected chi connectivity index (χ3v) is 7.60. The van der Waals surface area contributed by atoms with Gasteiger partial charge in [-0.25, -0.2) is 4.98 Å². The van der Waals surface area contributed by atoms with Gasteiger partial charge in [0.25, 0.3) is 0 Å². The predicted octanol–water partition coefficient (Wildman–Crippen LogP) is -0.675. The normalized spacial score (nSPS) is 13.5. The summed E-state index contributed by atoms with van der Waals surface area (Å²) < 4.78 is 0.791. The molecule has 2 aromatic rings. The number of fused-ring (bicyclic) bond motifs is 1. The van der Waals surface area contributed by atoms with E-state index < -0.39 is 66.0 Å². The summed E-state index contributed by atoms with van der Waals surface area (Å²) in [6, 6.07) is 2.63. The first-order chi connectivity index (χ1) is 21.3. The Morgan fingerprint density at radius 2 is 1.51 bits per heavy atom. The zero-order valence-electron chi connectivity index (χ0n) is 25.2. The van der Waals surface area contributed by atoms with Crippen LogP contribution in [0.4, 0.5) is 0 Å². The summed E-state index contributed by atoms with van der Waals surface area (Å²) in [7, 11) is 0. The molecule has 1 heterocycles. The van der Waals surface area contributed by atoms with Crippen LogP contribution >= 0.6 is 11.3 Å². The van der Waals surface area contributed by atoms with Crippen LogP contribution in [0.2, 0.25) is 0 Å². The van der Waals surface area contributed by atoms with E-state index >= 15 is 0 Å². The minimum absolute atomic E-state index is 0.0872. The molecule has 0 aliphatic rings. The van der Waals surface area contributed by atoms with Crippen molar-refractivity contribution in [3.05, 3.63) is 29.3 Å². The lowest BCUT2D eigenvalue weighted by Crippen LogP contribution is -2.57. The number of Topliss-reactive ketones (excluding diaryl/α,β-unsaturated/α-hetero) is 1. The van der Waals surface area contributed by atoms with Crippen LogP contribution in [0.25, 0.3) is 10.2 Å². The number of hydrogen-bond donors (Lipinski definition) is 9. The number of carbonyl (C=O) groups excluding carboxylic acids is 5. The molecular weight excluding hydrogens is 606 g/mol. The van der Waals surface area contributed by atoms with Gasteiger partial charge in [0.15, 0.2) is 11.0 Å². The minimum Gasteiger partial charge on any atom is -0.481 e. The molecule has 2 rings (SSSR count). The van der Waals surface area contributed by atoms with Crippen LogP contribution in [0.15, 0.2) is 24.3 Å². The first-order valence-electron chi connectivity index (χ1n) is 14.4. The van der Waals surface area contributed by atoms with E-state index in [1.807, 2.05) is 12.1 Å². The molecule has 0 radical (unpaired) electrons. The molecule has 0 bridgehead atoms. The van der Waals surface area contributed by atoms with Crippen LogP contribution in [-0.4, -0.2) is 88.7 Å². The Labute approximate surface area is 264 Å². The van der Waals surface area contributed by atoms with Crippen molar-refractivity contribution in [1.82, 2.24) is 31.6 Å². The Kier molecular flexibility index (Phi) is 14.8. The number of nitrogens with two attached hydrogens (primary N) is 2. The topological polar surface area (TPSA) is 272 Å². The maximum Gasteiger partial charge on any atom is 0.303 e. The molecule has 0 spiro atoms. The quantitative estimate of drug-likeness (QED) is 0.0399. The van der Waals surface area contributed by atoms with Gasteiger partial charge in [0, 0.05) is 19.9 Å². The molecule has 0 unspecified atom stereocenters. The van der Waals surface area contributed by atoms with Crippen LogP contribution in [0, 0.1) is 5.41 Å². The molecule has 17 heteroatoms. The fourth-order valence-corrected chi connectivity index (χ4v) is 5.22. The Balaban J connectivity index is 2.26. The van der Waals surface area contributed by atoms with E-state index in [4.69, 9.17) is 22.0 Å². The lowest BCUT2D eigenvalue weighted by Gasteiger charge is -2.25. The number of amides is 4. The highest BCUT2D eigenvalue weighted by Crippen LogP contribution is 2.23. The number of nitrogens with zero attached hydrogens (tertiary/aromatic N) is 1. The van der Waals surface area contributed by atoms with E-state index in [0.717, 1.165) is 4.70 Å². The van der Waals surface area contributed by atoms with Crippen LogP contribution < -0.4 is 38.1 Å².